The number of amides is 1. The van der Waals surface area contributed by atoms with E-state index in [0.29, 0.717) is 11.1 Å². The number of hydrogen-bond acceptors (Lipinski definition) is 4. The third-order valence-corrected chi connectivity index (χ3v) is 6.84. The number of nitrogens with zero attached hydrogens (tertiary/aromatic N) is 1. The lowest BCUT2D eigenvalue weighted by Crippen LogP contribution is -2.29. The molecule has 2 N–H and O–H groups in total. The Bertz CT molecular complexity index is 1420. The maximum Gasteiger partial charge on any atom is 0.300 e. The molecule has 8 heteroatoms. The van der Waals surface area contributed by atoms with E-state index in [1.165, 1.54) is 29.8 Å². The molecule has 1 unspecified atom stereocenters. The van der Waals surface area contributed by atoms with E-state index >= 15 is 0 Å². The first-order valence-corrected chi connectivity index (χ1v) is 11.5. The van der Waals surface area contributed by atoms with Gasteiger partial charge in [0, 0.05) is 17.3 Å². The molecule has 0 saturated carbocycles. The van der Waals surface area contributed by atoms with Gasteiger partial charge in [-0.3, -0.25) is 14.5 Å². The van der Waals surface area contributed by atoms with Gasteiger partial charge < -0.3 is 10.2 Å². The van der Waals surface area contributed by atoms with E-state index in [4.69, 9.17) is 11.6 Å². The zero-order valence-electron chi connectivity index (χ0n) is 18.4. The van der Waals surface area contributed by atoms with Gasteiger partial charge in [-0.2, -0.15) is 0 Å². The van der Waals surface area contributed by atoms with Gasteiger partial charge in [0.2, 0.25) is 0 Å². The predicted molar refractivity (Wildman–Crippen MR) is 127 cm³/mol. The second kappa shape index (κ2) is 8.82. The van der Waals surface area contributed by atoms with Gasteiger partial charge in [0.15, 0.2) is 11.6 Å². The first kappa shape index (κ1) is 23.1. The lowest BCUT2D eigenvalue weighted by Gasteiger charge is -2.26. The number of ketones is 1. The summed E-state index contributed by atoms with van der Waals surface area (Å²) in [6, 6.07) is 11.2. The Hall–Kier alpha value is -3.71. The Morgan fingerprint density at radius 2 is 1.66 bits per heavy atom. The number of carbonyl (C=O) groups is 2. The highest BCUT2D eigenvalue weighted by molar-refractivity contribution is 6.51. The van der Waals surface area contributed by atoms with Crippen LogP contribution in [0.25, 0.3) is 5.76 Å². The van der Waals surface area contributed by atoms with E-state index in [-0.39, 0.29) is 27.8 Å². The molecule has 0 bridgehead atoms. The third-order valence-electron chi connectivity index (χ3n) is 6.54. The zero-order chi connectivity index (χ0) is 24.9. The summed E-state index contributed by atoms with van der Waals surface area (Å²) in [6.45, 7) is 0. The number of aromatic hydroxyl groups is 1. The molecule has 3 aromatic rings. The van der Waals surface area contributed by atoms with Crippen LogP contribution in [0, 0.1) is 11.6 Å². The number of hydrogen-bond donors (Lipinski definition) is 2. The first-order valence-electron chi connectivity index (χ1n) is 11.1. The highest BCUT2D eigenvalue weighted by Crippen LogP contribution is 2.44. The average molecular weight is 496 g/mol. The van der Waals surface area contributed by atoms with Crippen LogP contribution in [-0.4, -0.2) is 21.9 Å². The predicted octanol–water partition coefficient (Wildman–Crippen LogP) is 5.83. The van der Waals surface area contributed by atoms with Crippen LogP contribution < -0.4 is 4.90 Å². The molecule has 2 aliphatic rings. The molecule has 3 aromatic carbocycles. The lowest BCUT2D eigenvalue weighted by molar-refractivity contribution is -0.132. The monoisotopic (exact) mass is 495 g/mol. The Morgan fingerprint density at radius 3 is 2.37 bits per heavy atom. The van der Waals surface area contributed by atoms with Gasteiger partial charge in [0.05, 0.1) is 16.6 Å². The van der Waals surface area contributed by atoms with E-state index in [0.717, 1.165) is 48.3 Å². The van der Waals surface area contributed by atoms with Gasteiger partial charge >= 0.3 is 0 Å². The first-order chi connectivity index (χ1) is 16.8. The number of Topliss-reactive ketones (excluding diaryl/α,β-unsaturated/α-hetero) is 1. The van der Waals surface area contributed by atoms with Crippen molar-refractivity contribution in [2.24, 2.45) is 0 Å². The summed E-state index contributed by atoms with van der Waals surface area (Å²) in [5.74, 6) is -4.88. The summed E-state index contributed by atoms with van der Waals surface area (Å²) in [5.41, 5.74) is 2.65. The molecule has 1 saturated heterocycles. The van der Waals surface area contributed by atoms with E-state index in [2.05, 4.69) is 0 Å². The molecular formula is C27H20ClF2NO4. The van der Waals surface area contributed by atoms with E-state index in [9.17, 15) is 28.6 Å². The van der Waals surface area contributed by atoms with Crippen molar-refractivity contribution in [3.05, 3.63) is 99.1 Å². The minimum atomic E-state index is -1.19. The van der Waals surface area contributed by atoms with Gasteiger partial charge in [-0.1, -0.05) is 29.8 Å². The summed E-state index contributed by atoms with van der Waals surface area (Å²) in [4.78, 5) is 27.4. The molecule has 5 rings (SSSR count). The summed E-state index contributed by atoms with van der Waals surface area (Å²) >= 11 is 6.10. The molecular weight excluding hydrogens is 476 g/mol. The van der Waals surface area contributed by atoms with Crippen LogP contribution in [0.2, 0.25) is 5.02 Å². The molecule has 1 fully saturated rings. The van der Waals surface area contributed by atoms with Gasteiger partial charge in [-0.15, -0.1) is 0 Å². The van der Waals surface area contributed by atoms with Crippen molar-refractivity contribution in [3.63, 3.8) is 0 Å². The minimum Gasteiger partial charge on any atom is -0.507 e. The van der Waals surface area contributed by atoms with Crippen molar-refractivity contribution in [3.8, 4) is 5.75 Å². The summed E-state index contributed by atoms with van der Waals surface area (Å²) < 4.78 is 27.7. The highest BCUT2D eigenvalue weighted by atomic mass is 35.5. The van der Waals surface area contributed by atoms with Gasteiger partial charge in [0.25, 0.3) is 11.7 Å². The molecule has 1 amide bonds. The second-order valence-corrected chi connectivity index (χ2v) is 9.08. The van der Waals surface area contributed by atoms with Crippen molar-refractivity contribution < 1.29 is 28.6 Å². The number of halogens is 3. The van der Waals surface area contributed by atoms with Crippen LogP contribution in [0.1, 0.15) is 41.1 Å². The molecule has 1 heterocycles. The molecule has 1 aliphatic carbocycles. The fourth-order valence-corrected chi connectivity index (χ4v) is 4.97. The molecule has 0 spiro atoms. The number of aliphatic hydroxyl groups excluding tert-OH is 1. The standard InChI is InChI=1S/C27H20ClF2NO4/c28-19-12-16(7-10-22(19)32)24-23(25(33)17-6-5-14-3-1-2-4-15(14)11-17)26(34)27(35)31(24)18-8-9-20(29)21(30)13-18/h5-13,24,32-33H,1-4H2/b25-23-. The van der Waals surface area contributed by atoms with Crippen molar-refractivity contribution in [1.29, 1.82) is 0 Å². The van der Waals surface area contributed by atoms with E-state index in [1.54, 1.807) is 6.07 Å². The van der Waals surface area contributed by atoms with Crippen LogP contribution in [0.3, 0.4) is 0 Å². The summed E-state index contributed by atoms with van der Waals surface area (Å²) in [5, 5.41) is 21.1. The van der Waals surface area contributed by atoms with Crippen LogP contribution in [0.4, 0.5) is 14.5 Å². The van der Waals surface area contributed by atoms with Crippen LogP contribution in [0.5, 0.6) is 5.75 Å². The highest BCUT2D eigenvalue weighted by Gasteiger charge is 2.47. The summed E-state index contributed by atoms with van der Waals surface area (Å²) in [6.07, 6.45) is 3.88. The van der Waals surface area contributed by atoms with Crippen LogP contribution in [0.15, 0.2) is 60.2 Å². The van der Waals surface area contributed by atoms with Gasteiger partial charge in [-0.25, -0.2) is 8.78 Å². The second-order valence-electron chi connectivity index (χ2n) is 8.67. The van der Waals surface area contributed by atoms with Crippen molar-refractivity contribution >= 4 is 34.7 Å². The molecule has 0 radical (unpaired) electrons. The molecule has 5 nitrogen and oxygen atoms in total. The number of anilines is 1. The fourth-order valence-electron chi connectivity index (χ4n) is 4.78. The van der Waals surface area contributed by atoms with Gasteiger partial charge in [0.1, 0.15) is 11.5 Å². The smallest absolute Gasteiger partial charge is 0.300 e. The number of aliphatic hydroxyl groups is 1. The Morgan fingerprint density at radius 1 is 0.914 bits per heavy atom. The molecule has 0 aromatic heterocycles. The van der Waals surface area contributed by atoms with Crippen LogP contribution in [-0.2, 0) is 22.4 Å². The number of rotatable bonds is 3. The Balaban J connectivity index is 1.72. The maximum absolute atomic E-state index is 14.1. The summed E-state index contributed by atoms with van der Waals surface area (Å²) in [7, 11) is 0. The largest absolute Gasteiger partial charge is 0.507 e. The fraction of sp³-hybridized carbons (Fsp3) is 0.185. The number of carbonyl (C=O) groups excluding carboxylic acids is 2. The third kappa shape index (κ3) is 3.96. The Kier molecular flexibility index (Phi) is 5.81. The molecule has 1 aliphatic heterocycles. The normalized spacial score (nSPS) is 19.2. The number of aryl methyl sites for hydroxylation is 2. The number of benzene rings is 3. The quantitative estimate of drug-likeness (QED) is 0.272. The van der Waals surface area contributed by atoms with Gasteiger partial charge in [-0.05, 0) is 72.7 Å². The number of phenols is 1. The van der Waals surface area contributed by atoms with E-state index < -0.39 is 29.4 Å². The van der Waals surface area contributed by atoms with Crippen LogP contribution >= 0.6 is 11.6 Å². The van der Waals surface area contributed by atoms with Crippen molar-refractivity contribution in [1.82, 2.24) is 0 Å². The maximum atomic E-state index is 14.1. The SMILES string of the molecule is O=C1C(=O)N(c2ccc(F)c(F)c2)C(c2ccc(O)c(Cl)c2)/C1=C(/O)c1ccc2c(c1)CCCC2. The molecule has 1 atom stereocenters. The Labute approximate surface area is 204 Å². The molecule has 35 heavy (non-hydrogen) atoms. The topological polar surface area (TPSA) is 77.8 Å². The minimum absolute atomic E-state index is 0.0350. The molecule has 178 valence electrons. The lowest BCUT2D eigenvalue weighted by atomic mass is 9.88. The number of fused-ring (bicyclic) bond motifs is 1. The van der Waals surface area contributed by atoms with Crippen molar-refractivity contribution in [2.75, 3.05) is 4.90 Å². The van der Waals surface area contributed by atoms with E-state index in [1.807, 2.05) is 12.1 Å². The number of phenolic OH excluding ortho intramolecular Hbond substituents is 1. The average Bonchev–Trinajstić information content (AvgIpc) is 3.12. The van der Waals surface area contributed by atoms with Crippen molar-refractivity contribution in [2.45, 2.75) is 31.7 Å². The zero-order valence-corrected chi connectivity index (χ0v) is 19.1.